The van der Waals surface area contributed by atoms with Crippen molar-refractivity contribution >= 4 is 27.7 Å². The first-order chi connectivity index (χ1) is 8.22. The lowest BCUT2D eigenvalue weighted by atomic mass is 10.3. The van der Waals surface area contributed by atoms with Crippen LogP contribution in [0, 0.1) is 0 Å². The van der Waals surface area contributed by atoms with Gasteiger partial charge >= 0.3 is 0 Å². The van der Waals surface area contributed by atoms with Gasteiger partial charge in [0.25, 0.3) is 0 Å². The van der Waals surface area contributed by atoms with Crippen LogP contribution >= 0.6 is 21.7 Å². The van der Waals surface area contributed by atoms with E-state index in [1.54, 1.807) is 11.4 Å². The van der Waals surface area contributed by atoms with Crippen LogP contribution in [0.1, 0.15) is 4.88 Å². The molecule has 0 N–H and O–H groups in total. The van der Waals surface area contributed by atoms with E-state index in [0.717, 1.165) is 17.4 Å². The molecule has 0 saturated carbocycles. The number of halogens is 6. The molecule has 0 unspecified atom stereocenters. The van der Waals surface area contributed by atoms with E-state index in [-0.39, 0.29) is 0 Å². The average molecular weight is 304 g/mol. The fraction of sp³-hybridized carbons (Fsp3) is 0. The minimum absolute atomic E-state index is 0.380. The smallest absolute Gasteiger partial charge is 0.202 e. The third kappa shape index (κ3) is 1.89. The molecule has 1 aromatic heterocycles. The molecule has 1 aromatic rings. The van der Waals surface area contributed by atoms with Gasteiger partial charge < -0.3 is 0 Å². The molecule has 0 radical (unpaired) electrons. The molecular weight excluding hydrogens is 298 g/mol. The Hall–Kier alpha value is -1.15. The van der Waals surface area contributed by atoms with Crippen LogP contribution in [0.3, 0.4) is 0 Å². The molecule has 0 bridgehead atoms. The van der Waals surface area contributed by atoms with Crippen LogP contribution in [-0.4, -0.2) is 0 Å². The Kier molecular flexibility index (Phi) is 2.90. The van der Waals surface area contributed by atoms with Crippen LogP contribution in [-0.2, 0) is 0 Å². The summed E-state index contributed by atoms with van der Waals surface area (Å²) >= 11 is 1.12. The summed E-state index contributed by atoms with van der Waals surface area (Å²) in [6.07, 6.45) is 1.36. The Morgan fingerprint density at radius 3 is 2.11 bits per heavy atom. The van der Waals surface area contributed by atoms with Crippen molar-refractivity contribution in [2.75, 3.05) is 0 Å². The van der Waals surface area contributed by atoms with E-state index < -0.39 is 32.0 Å². The summed E-state index contributed by atoms with van der Waals surface area (Å²) in [5, 5.41) is -1.32. The average Bonchev–Trinajstić information content (AvgIpc) is 2.81. The molecule has 2 rings (SSSR count). The van der Waals surface area contributed by atoms with Crippen LogP contribution in [0.2, 0.25) is 0 Å². The van der Waals surface area contributed by atoms with Gasteiger partial charge in [0.15, 0.2) is 5.83 Å². The first kappa shape index (κ1) is 13.3. The number of hydrogen-bond donors (Lipinski definition) is 1. The quantitative estimate of drug-likeness (QED) is 0.519. The molecule has 0 amide bonds. The molecule has 0 spiro atoms. The highest BCUT2D eigenvalue weighted by Gasteiger charge is 2.57. The first-order valence-corrected chi connectivity index (χ1v) is 7.37. The lowest BCUT2D eigenvalue weighted by molar-refractivity contribution is 0.508. The van der Waals surface area contributed by atoms with Crippen LogP contribution < -0.4 is 0 Å². The number of rotatable bonds is 2. The number of thiophene rings is 1. The Bertz CT molecular complexity index is 573. The predicted octanol–water partition coefficient (Wildman–Crippen LogP) is 5.79. The summed E-state index contributed by atoms with van der Waals surface area (Å²) in [6.45, 7) is 0. The molecule has 0 saturated heterocycles. The maximum Gasteiger partial charge on any atom is 0.238 e. The second kappa shape index (κ2) is 3.92. The van der Waals surface area contributed by atoms with Gasteiger partial charge in [-0.05, 0) is 23.6 Å². The fourth-order valence-corrected chi connectivity index (χ4v) is 3.36. The highest BCUT2D eigenvalue weighted by Crippen LogP contribution is 2.89. The second-order valence-electron chi connectivity index (χ2n) is 3.46. The zero-order valence-corrected chi connectivity index (χ0v) is 10.2. The van der Waals surface area contributed by atoms with Crippen molar-refractivity contribution in [2.24, 2.45) is 0 Å². The molecule has 0 atom stereocenters. The van der Waals surface area contributed by atoms with Crippen molar-refractivity contribution in [2.45, 2.75) is 0 Å². The van der Waals surface area contributed by atoms with Crippen molar-refractivity contribution < 1.29 is 24.8 Å². The number of hydrogen-bond acceptors (Lipinski definition) is 1. The molecule has 1 aliphatic heterocycles. The SMILES string of the molecule is FC1=C(F)[SH](F)(F)(F)C(C=Cc2cccs2)=C1F. The van der Waals surface area contributed by atoms with Gasteiger partial charge in [0.05, 0.1) is 4.91 Å². The van der Waals surface area contributed by atoms with Gasteiger partial charge in [0.2, 0.25) is 11.0 Å². The lowest BCUT2D eigenvalue weighted by Crippen LogP contribution is -1.97. The monoisotopic (exact) mass is 304 g/mol. The lowest BCUT2D eigenvalue weighted by Gasteiger charge is -2.33. The van der Waals surface area contributed by atoms with E-state index in [4.69, 9.17) is 0 Å². The minimum Gasteiger partial charge on any atom is -0.202 e. The van der Waals surface area contributed by atoms with Crippen LogP contribution in [0.4, 0.5) is 24.8 Å². The third-order valence-electron chi connectivity index (χ3n) is 2.26. The summed E-state index contributed by atoms with van der Waals surface area (Å²) in [5.74, 6) is -4.63. The van der Waals surface area contributed by atoms with E-state index in [0.29, 0.717) is 11.0 Å². The molecular formula is C10H6F6S2. The molecule has 0 nitrogen and oxygen atoms in total. The van der Waals surface area contributed by atoms with Gasteiger partial charge in [-0.1, -0.05) is 6.07 Å². The summed E-state index contributed by atoms with van der Waals surface area (Å²) in [6, 6.07) is 3.08. The molecule has 8 heteroatoms. The Morgan fingerprint density at radius 1 is 1.00 bits per heavy atom. The Morgan fingerprint density at radius 2 is 1.67 bits per heavy atom. The number of allylic oxidation sites excluding steroid dienone is 3. The molecule has 0 aromatic carbocycles. The summed E-state index contributed by atoms with van der Waals surface area (Å²) in [4.78, 5) is -1.42. The van der Waals surface area contributed by atoms with Crippen molar-refractivity contribution in [1.29, 1.82) is 0 Å². The van der Waals surface area contributed by atoms with Gasteiger partial charge in [-0.15, -0.1) is 23.0 Å². The van der Waals surface area contributed by atoms with Crippen molar-refractivity contribution in [3.05, 3.63) is 50.2 Å². The molecule has 100 valence electrons. The summed E-state index contributed by atoms with van der Waals surface area (Å²) < 4.78 is 78.4. The molecule has 0 fully saturated rings. The van der Waals surface area contributed by atoms with Gasteiger partial charge in [-0.3, -0.25) is 0 Å². The molecule has 1 aliphatic rings. The van der Waals surface area contributed by atoms with Crippen molar-refractivity contribution in [3.63, 3.8) is 0 Å². The minimum atomic E-state index is -7.75. The zero-order chi connectivity index (χ0) is 13.6. The third-order valence-corrected chi connectivity index (χ3v) is 5.07. The van der Waals surface area contributed by atoms with Crippen molar-refractivity contribution in [1.82, 2.24) is 0 Å². The van der Waals surface area contributed by atoms with Crippen molar-refractivity contribution in [3.8, 4) is 0 Å². The van der Waals surface area contributed by atoms with Gasteiger partial charge in [0.1, 0.15) is 10.3 Å². The highest BCUT2D eigenvalue weighted by atomic mass is 32.4. The zero-order valence-electron chi connectivity index (χ0n) is 8.51. The van der Waals surface area contributed by atoms with E-state index >= 15 is 0 Å². The van der Waals surface area contributed by atoms with Gasteiger partial charge in [0, 0.05) is 4.88 Å². The van der Waals surface area contributed by atoms with E-state index in [9.17, 15) is 24.8 Å². The van der Waals surface area contributed by atoms with Gasteiger partial charge in [-0.25, -0.2) is 4.39 Å². The Labute approximate surface area is 103 Å². The van der Waals surface area contributed by atoms with E-state index in [1.807, 2.05) is 0 Å². The topological polar surface area (TPSA) is 0 Å². The van der Waals surface area contributed by atoms with Crippen LogP contribution in [0.25, 0.3) is 6.08 Å². The maximum absolute atomic E-state index is 13.3. The Balaban J connectivity index is 2.46. The summed E-state index contributed by atoms with van der Waals surface area (Å²) in [5.41, 5.74) is 0. The molecule has 2 heterocycles. The van der Waals surface area contributed by atoms with Crippen LogP contribution in [0.15, 0.2) is 45.3 Å². The van der Waals surface area contributed by atoms with Gasteiger partial charge in [-0.2, -0.15) is 8.78 Å². The largest absolute Gasteiger partial charge is 0.238 e. The predicted molar refractivity (Wildman–Crippen MR) is 63.0 cm³/mol. The number of thiol groups is 1. The fourth-order valence-electron chi connectivity index (χ4n) is 1.37. The first-order valence-electron chi connectivity index (χ1n) is 4.58. The summed E-state index contributed by atoms with van der Waals surface area (Å²) in [7, 11) is -7.75. The second-order valence-corrected chi connectivity index (χ2v) is 6.94. The van der Waals surface area contributed by atoms with E-state index in [1.165, 1.54) is 6.07 Å². The van der Waals surface area contributed by atoms with E-state index in [2.05, 4.69) is 0 Å². The highest BCUT2D eigenvalue weighted by molar-refractivity contribution is 8.43. The maximum atomic E-state index is 13.3. The molecule has 0 aliphatic carbocycles. The standard InChI is InChI=1S/C10H6F6S2/c11-8-7(4-3-6-2-1-5-17-6)18(14,15,16)10(13)9(8)12/h1-5,18H. The molecule has 18 heavy (non-hydrogen) atoms. The normalized spacial score (nSPS) is 24.7. The van der Waals surface area contributed by atoms with Crippen LogP contribution in [0.5, 0.6) is 0 Å².